The lowest BCUT2D eigenvalue weighted by Gasteiger charge is -2.33. The fourth-order valence-corrected chi connectivity index (χ4v) is 2.00. The Hall–Kier alpha value is -1.62. The smallest absolute Gasteiger partial charge is 0.404 e. The molecule has 2 rings (SSSR count). The van der Waals surface area contributed by atoms with Crippen LogP contribution in [0.15, 0.2) is 24.3 Å². The maximum absolute atomic E-state index is 12.7. The van der Waals surface area contributed by atoms with Gasteiger partial charge in [0, 0.05) is 0 Å². The first-order valence-electron chi connectivity index (χ1n) is 5.92. The zero-order valence-electron chi connectivity index (χ0n) is 9.97. The van der Waals surface area contributed by atoms with E-state index in [4.69, 9.17) is 15.2 Å². The number of benzene rings is 1. The molecule has 0 bridgehead atoms. The van der Waals surface area contributed by atoms with Crippen LogP contribution in [0.3, 0.4) is 0 Å². The van der Waals surface area contributed by atoms with Crippen LogP contribution in [0.5, 0.6) is 0 Å². The molecule has 0 heterocycles. The minimum absolute atomic E-state index is 0.0538. The number of rotatable bonds is 5. The number of carbonyl (C=O) groups is 1. The van der Waals surface area contributed by atoms with Crippen molar-refractivity contribution in [2.75, 3.05) is 6.61 Å². The van der Waals surface area contributed by atoms with Crippen molar-refractivity contribution in [3.63, 3.8) is 0 Å². The summed E-state index contributed by atoms with van der Waals surface area (Å²) in [5.74, 6) is 0.166. The van der Waals surface area contributed by atoms with E-state index < -0.39 is 6.09 Å². The lowest BCUT2D eigenvalue weighted by molar-refractivity contribution is -0.0218. The van der Waals surface area contributed by atoms with Crippen molar-refractivity contribution in [2.45, 2.75) is 25.6 Å². The van der Waals surface area contributed by atoms with Crippen LogP contribution in [-0.2, 0) is 16.1 Å². The van der Waals surface area contributed by atoms with Crippen molar-refractivity contribution in [1.82, 2.24) is 0 Å². The molecular formula is C13H16FNO3. The summed E-state index contributed by atoms with van der Waals surface area (Å²) in [5.41, 5.74) is 5.86. The summed E-state index contributed by atoms with van der Waals surface area (Å²) in [4.78, 5) is 10.5. The molecule has 98 valence electrons. The first-order valence-corrected chi connectivity index (χ1v) is 5.92. The molecule has 1 aromatic rings. The number of ether oxygens (including phenoxy) is 2. The Morgan fingerprint density at radius 2 is 2.00 bits per heavy atom. The Labute approximate surface area is 105 Å². The molecular weight excluding hydrogens is 237 g/mol. The van der Waals surface area contributed by atoms with Gasteiger partial charge in [-0.3, -0.25) is 0 Å². The van der Waals surface area contributed by atoms with Crippen molar-refractivity contribution in [3.8, 4) is 0 Å². The lowest BCUT2D eigenvalue weighted by Crippen LogP contribution is -2.37. The molecule has 2 N–H and O–H groups in total. The third-order valence-electron chi connectivity index (χ3n) is 3.01. The number of amides is 1. The normalized spacial score (nSPS) is 22.3. The van der Waals surface area contributed by atoms with Crippen LogP contribution in [0.25, 0.3) is 0 Å². The van der Waals surface area contributed by atoms with E-state index in [-0.39, 0.29) is 11.9 Å². The average Bonchev–Trinajstić information content (AvgIpc) is 2.27. The van der Waals surface area contributed by atoms with Gasteiger partial charge in [0.05, 0.1) is 13.2 Å². The maximum atomic E-state index is 12.7. The van der Waals surface area contributed by atoms with Gasteiger partial charge in [0.15, 0.2) is 0 Å². The number of hydrogen-bond acceptors (Lipinski definition) is 3. The molecule has 4 nitrogen and oxygen atoms in total. The minimum Gasteiger partial charge on any atom is -0.446 e. The Morgan fingerprint density at radius 3 is 2.61 bits per heavy atom. The Kier molecular flexibility index (Phi) is 4.15. The largest absolute Gasteiger partial charge is 0.446 e. The summed E-state index contributed by atoms with van der Waals surface area (Å²) in [5, 5.41) is 0. The third-order valence-corrected chi connectivity index (χ3v) is 3.01. The highest BCUT2D eigenvalue weighted by molar-refractivity contribution is 5.64. The molecule has 1 aliphatic carbocycles. The van der Waals surface area contributed by atoms with Crippen LogP contribution < -0.4 is 5.73 Å². The fraction of sp³-hybridized carbons (Fsp3) is 0.462. The Morgan fingerprint density at radius 1 is 1.33 bits per heavy atom. The van der Waals surface area contributed by atoms with Crippen LogP contribution in [0.1, 0.15) is 18.4 Å². The fourth-order valence-electron chi connectivity index (χ4n) is 2.00. The molecule has 0 atom stereocenters. The molecule has 1 aliphatic rings. The van der Waals surface area contributed by atoms with Crippen molar-refractivity contribution in [1.29, 1.82) is 0 Å². The van der Waals surface area contributed by atoms with Gasteiger partial charge in [-0.05, 0) is 36.5 Å². The highest BCUT2D eigenvalue weighted by atomic mass is 19.1. The van der Waals surface area contributed by atoms with Gasteiger partial charge in [-0.1, -0.05) is 12.1 Å². The summed E-state index contributed by atoms with van der Waals surface area (Å²) in [6, 6.07) is 6.24. The average molecular weight is 253 g/mol. The zero-order valence-corrected chi connectivity index (χ0v) is 9.97. The van der Waals surface area contributed by atoms with Crippen LogP contribution >= 0.6 is 0 Å². The molecule has 1 saturated carbocycles. The third kappa shape index (κ3) is 3.70. The Balaban J connectivity index is 1.60. The molecule has 0 spiro atoms. The van der Waals surface area contributed by atoms with Crippen molar-refractivity contribution in [2.24, 2.45) is 11.7 Å². The number of primary amides is 1. The molecule has 1 aromatic carbocycles. The first-order chi connectivity index (χ1) is 8.63. The molecule has 18 heavy (non-hydrogen) atoms. The maximum Gasteiger partial charge on any atom is 0.404 e. The predicted octanol–water partition coefficient (Wildman–Crippen LogP) is 2.22. The van der Waals surface area contributed by atoms with Crippen LogP contribution in [0, 0.1) is 11.7 Å². The molecule has 5 heteroatoms. The van der Waals surface area contributed by atoms with E-state index in [2.05, 4.69) is 0 Å². The molecule has 0 aliphatic heterocycles. The van der Waals surface area contributed by atoms with Crippen LogP contribution in [0.4, 0.5) is 9.18 Å². The summed E-state index contributed by atoms with van der Waals surface area (Å²) in [6.07, 6.45) is 0.825. The van der Waals surface area contributed by atoms with Gasteiger partial charge in [0.2, 0.25) is 0 Å². The van der Waals surface area contributed by atoms with Crippen molar-refractivity contribution >= 4 is 6.09 Å². The number of halogens is 1. The van der Waals surface area contributed by atoms with Gasteiger partial charge in [-0.15, -0.1) is 0 Å². The standard InChI is InChI=1S/C13H16FNO3/c14-11-3-1-9(2-4-11)7-17-8-10-5-12(6-10)18-13(15)16/h1-4,10,12H,5-8H2,(H2,15,16)/t10-,12+. The quantitative estimate of drug-likeness (QED) is 0.875. The molecule has 1 amide bonds. The van der Waals surface area contributed by atoms with Gasteiger partial charge in [0.1, 0.15) is 11.9 Å². The molecule has 0 unspecified atom stereocenters. The second-order valence-electron chi connectivity index (χ2n) is 4.54. The predicted molar refractivity (Wildman–Crippen MR) is 63.2 cm³/mol. The second-order valence-corrected chi connectivity index (χ2v) is 4.54. The SMILES string of the molecule is NC(=O)O[C@H]1C[C@@H](COCc2ccc(F)cc2)C1. The number of hydrogen-bond donors (Lipinski definition) is 1. The molecule has 0 saturated heterocycles. The van der Waals surface area contributed by atoms with Crippen molar-refractivity contribution < 1.29 is 18.7 Å². The van der Waals surface area contributed by atoms with E-state index in [0.717, 1.165) is 18.4 Å². The van der Waals surface area contributed by atoms with Crippen molar-refractivity contribution in [3.05, 3.63) is 35.6 Å². The van der Waals surface area contributed by atoms with Crippen LogP contribution in [0.2, 0.25) is 0 Å². The van der Waals surface area contributed by atoms with Gasteiger partial charge in [-0.25, -0.2) is 9.18 Å². The minimum atomic E-state index is -0.717. The summed E-state index contributed by atoms with van der Waals surface area (Å²) >= 11 is 0. The Bertz CT molecular complexity index is 401. The van der Waals surface area contributed by atoms with Gasteiger partial charge in [0.25, 0.3) is 0 Å². The van der Waals surface area contributed by atoms with Gasteiger partial charge < -0.3 is 15.2 Å². The van der Waals surface area contributed by atoms with E-state index in [0.29, 0.717) is 19.1 Å². The summed E-state index contributed by atoms with van der Waals surface area (Å²) in [7, 11) is 0. The summed E-state index contributed by atoms with van der Waals surface area (Å²) < 4.78 is 23.0. The number of carbonyl (C=O) groups excluding carboxylic acids is 1. The van der Waals surface area contributed by atoms with E-state index >= 15 is 0 Å². The lowest BCUT2D eigenvalue weighted by atomic mass is 9.83. The van der Waals surface area contributed by atoms with E-state index in [1.165, 1.54) is 12.1 Å². The highest BCUT2D eigenvalue weighted by Gasteiger charge is 2.31. The van der Waals surface area contributed by atoms with E-state index in [1.54, 1.807) is 12.1 Å². The monoisotopic (exact) mass is 253 g/mol. The van der Waals surface area contributed by atoms with Gasteiger partial charge >= 0.3 is 6.09 Å². The first kappa shape index (κ1) is 12.8. The molecule has 1 fully saturated rings. The summed E-state index contributed by atoms with van der Waals surface area (Å²) in [6.45, 7) is 1.09. The zero-order chi connectivity index (χ0) is 13.0. The van der Waals surface area contributed by atoms with E-state index in [1.807, 2.05) is 0 Å². The molecule has 0 radical (unpaired) electrons. The topological polar surface area (TPSA) is 61.6 Å². The van der Waals surface area contributed by atoms with Crippen LogP contribution in [-0.4, -0.2) is 18.8 Å². The number of nitrogens with two attached hydrogens (primary N) is 1. The van der Waals surface area contributed by atoms with Gasteiger partial charge in [-0.2, -0.15) is 0 Å². The molecule has 0 aromatic heterocycles. The van der Waals surface area contributed by atoms with E-state index in [9.17, 15) is 9.18 Å². The second kappa shape index (κ2) is 5.82. The highest BCUT2D eigenvalue weighted by Crippen LogP contribution is 2.30.